The van der Waals surface area contributed by atoms with E-state index in [0.29, 0.717) is 37.6 Å². The summed E-state index contributed by atoms with van der Waals surface area (Å²) in [6.45, 7) is 0.404. The summed E-state index contributed by atoms with van der Waals surface area (Å²) in [5, 5.41) is 9.01. The van der Waals surface area contributed by atoms with Gasteiger partial charge in [0.05, 0.1) is 6.42 Å². The summed E-state index contributed by atoms with van der Waals surface area (Å²) in [6, 6.07) is 0. The van der Waals surface area contributed by atoms with E-state index in [1.165, 1.54) is 0 Å². The zero-order valence-electron chi connectivity index (χ0n) is 9.29. The van der Waals surface area contributed by atoms with E-state index < -0.39 is 11.6 Å². The van der Waals surface area contributed by atoms with Gasteiger partial charge in [-0.2, -0.15) is 0 Å². The Balaban J connectivity index is 1.90. The number of rotatable bonds is 3. The van der Waals surface area contributed by atoms with Crippen LogP contribution in [0.5, 0.6) is 0 Å². The van der Waals surface area contributed by atoms with Gasteiger partial charge in [0.1, 0.15) is 5.67 Å². The lowest BCUT2D eigenvalue weighted by Gasteiger charge is -2.59. The van der Waals surface area contributed by atoms with Gasteiger partial charge < -0.3 is 10.8 Å². The number of aliphatic carboxylic acids is 1. The Morgan fingerprint density at radius 2 is 2.19 bits per heavy atom. The molecule has 0 unspecified atom stereocenters. The number of hydrogen-bond donors (Lipinski definition) is 2. The van der Waals surface area contributed by atoms with Crippen LogP contribution in [0.1, 0.15) is 32.1 Å². The number of halogens is 1. The average Bonchev–Trinajstić information content (AvgIpc) is 2.37. The van der Waals surface area contributed by atoms with Gasteiger partial charge >= 0.3 is 5.97 Å². The summed E-state index contributed by atoms with van der Waals surface area (Å²) in [6.07, 6.45) is 2.79. The molecule has 3 saturated carbocycles. The van der Waals surface area contributed by atoms with Gasteiger partial charge in [0.25, 0.3) is 0 Å². The van der Waals surface area contributed by atoms with E-state index in [-0.39, 0.29) is 17.8 Å². The lowest BCUT2D eigenvalue weighted by atomic mass is 9.45. The topological polar surface area (TPSA) is 63.3 Å². The van der Waals surface area contributed by atoms with Gasteiger partial charge in [0.2, 0.25) is 0 Å². The zero-order valence-corrected chi connectivity index (χ0v) is 9.29. The fourth-order valence-corrected chi connectivity index (χ4v) is 4.87. The monoisotopic (exact) mass is 227 g/mol. The molecule has 0 heterocycles. The van der Waals surface area contributed by atoms with Crippen LogP contribution in [0.15, 0.2) is 0 Å². The van der Waals surface area contributed by atoms with Crippen molar-refractivity contribution in [1.82, 2.24) is 0 Å². The number of fused-ring (bicyclic) bond motifs is 1. The normalized spacial score (nSPS) is 53.5. The van der Waals surface area contributed by atoms with Crippen molar-refractivity contribution in [3.05, 3.63) is 0 Å². The standard InChI is InChI=1S/C12H18FNO2/c13-11-2-1-8-7(3-11)9(4-11)12(8,6-14)5-10(15)16/h7-9H,1-6,14H2,(H,15,16)/t7-,8+,9-,11+,12-/m1/s1. The summed E-state index contributed by atoms with van der Waals surface area (Å²) in [5.41, 5.74) is 4.53. The highest BCUT2D eigenvalue weighted by molar-refractivity contribution is 5.68. The Bertz CT molecular complexity index is 348. The van der Waals surface area contributed by atoms with Crippen molar-refractivity contribution in [1.29, 1.82) is 0 Å². The molecule has 90 valence electrons. The second-order valence-corrected chi connectivity index (χ2v) is 5.98. The van der Waals surface area contributed by atoms with Crippen LogP contribution < -0.4 is 5.73 Å². The van der Waals surface area contributed by atoms with Crippen molar-refractivity contribution < 1.29 is 14.3 Å². The number of nitrogens with two attached hydrogens (primary N) is 1. The maximum Gasteiger partial charge on any atom is 0.303 e. The van der Waals surface area contributed by atoms with Crippen molar-refractivity contribution in [2.75, 3.05) is 6.54 Å². The summed E-state index contributed by atoms with van der Waals surface area (Å²) in [4.78, 5) is 11.0. The first-order valence-corrected chi connectivity index (χ1v) is 6.12. The van der Waals surface area contributed by atoms with Crippen LogP contribution in [-0.4, -0.2) is 23.3 Å². The van der Waals surface area contributed by atoms with Crippen molar-refractivity contribution in [2.24, 2.45) is 28.9 Å². The minimum atomic E-state index is -0.999. The molecule has 0 amide bonds. The quantitative estimate of drug-likeness (QED) is 0.769. The number of carboxylic acids is 1. The fourth-order valence-electron chi connectivity index (χ4n) is 4.87. The van der Waals surface area contributed by atoms with Crippen LogP contribution in [-0.2, 0) is 4.79 Å². The summed E-state index contributed by atoms with van der Waals surface area (Å²) in [5.74, 6) is 0.227. The molecule has 3 nitrogen and oxygen atoms in total. The molecular weight excluding hydrogens is 209 g/mol. The number of hydrogen-bond acceptors (Lipinski definition) is 2. The first-order valence-electron chi connectivity index (χ1n) is 6.12. The van der Waals surface area contributed by atoms with Crippen molar-refractivity contribution in [3.8, 4) is 0 Å². The van der Waals surface area contributed by atoms with Crippen molar-refractivity contribution in [3.63, 3.8) is 0 Å². The predicted octanol–water partition coefficient (Wildman–Crippen LogP) is 1.56. The molecule has 0 aromatic heterocycles. The molecule has 3 N–H and O–H groups in total. The highest BCUT2D eigenvalue weighted by Gasteiger charge is 2.70. The second-order valence-electron chi connectivity index (χ2n) is 5.98. The molecule has 0 aromatic rings. The van der Waals surface area contributed by atoms with Gasteiger partial charge in [0.15, 0.2) is 0 Å². The SMILES string of the molecule is NC[C@@]1(CC(=O)O)[C@@H]2C[C@]3(F)CC[C@H]1[C@H]2C3. The first-order chi connectivity index (χ1) is 7.51. The van der Waals surface area contributed by atoms with Crippen LogP contribution in [0.3, 0.4) is 0 Å². The Labute approximate surface area is 94.2 Å². The molecule has 0 aromatic carbocycles. The molecule has 2 bridgehead atoms. The van der Waals surface area contributed by atoms with Crippen molar-refractivity contribution >= 4 is 5.97 Å². The molecule has 0 radical (unpaired) electrons. The summed E-state index contributed by atoms with van der Waals surface area (Å²) < 4.78 is 14.2. The van der Waals surface area contributed by atoms with E-state index in [1.54, 1.807) is 0 Å². The van der Waals surface area contributed by atoms with Gasteiger partial charge in [-0.05, 0) is 55.4 Å². The third kappa shape index (κ3) is 1.09. The Morgan fingerprint density at radius 3 is 2.81 bits per heavy atom. The first kappa shape index (κ1) is 10.5. The van der Waals surface area contributed by atoms with E-state index in [4.69, 9.17) is 10.8 Å². The molecule has 0 saturated heterocycles. The van der Waals surface area contributed by atoms with E-state index in [0.717, 1.165) is 6.42 Å². The maximum atomic E-state index is 14.2. The molecule has 16 heavy (non-hydrogen) atoms. The number of carbonyl (C=O) groups is 1. The molecule has 3 aliphatic rings. The molecule has 4 heteroatoms. The third-order valence-electron chi connectivity index (χ3n) is 5.46. The molecule has 0 spiro atoms. The number of alkyl halides is 1. The lowest BCUT2D eigenvalue weighted by Crippen LogP contribution is -2.59. The van der Waals surface area contributed by atoms with E-state index in [9.17, 15) is 9.18 Å². The smallest absolute Gasteiger partial charge is 0.303 e. The minimum Gasteiger partial charge on any atom is -0.481 e. The molecule has 5 atom stereocenters. The van der Waals surface area contributed by atoms with Crippen LogP contribution >= 0.6 is 0 Å². The average molecular weight is 227 g/mol. The zero-order chi connectivity index (χ0) is 11.6. The van der Waals surface area contributed by atoms with Gasteiger partial charge in [-0.1, -0.05) is 0 Å². The molecule has 3 aliphatic carbocycles. The van der Waals surface area contributed by atoms with E-state index in [2.05, 4.69) is 0 Å². The van der Waals surface area contributed by atoms with Gasteiger partial charge in [-0.25, -0.2) is 4.39 Å². The fraction of sp³-hybridized carbons (Fsp3) is 0.917. The van der Waals surface area contributed by atoms with Gasteiger partial charge in [0, 0.05) is 0 Å². The molecule has 0 aliphatic heterocycles. The molecular formula is C12H18FNO2. The van der Waals surface area contributed by atoms with E-state index in [1.807, 2.05) is 0 Å². The minimum absolute atomic E-state index is 0.130. The highest BCUT2D eigenvalue weighted by atomic mass is 19.1. The summed E-state index contributed by atoms with van der Waals surface area (Å²) >= 11 is 0. The molecule has 3 rings (SSSR count). The Kier molecular flexibility index (Phi) is 1.95. The second kappa shape index (κ2) is 2.97. The van der Waals surface area contributed by atoms with Crippen LogP contribution in [0.25, 0.3) is 0 Å². The number of carboxylic acid groups (broad SMARTS) is 1. The summed E-state index contributed by atoms with van der Waals surface area (Å²) in [7, 11) is 0. The van der Waals surface area contributed by atoms with Crippen LogP contribution in [0, 0.1) is 23.2 Å². The maximum absolute atomic E-state index is 14.2. The predicted molar refractivity (Wildman–Crippen MR) is 56.5 cm³/mol. The largest absolute Gasteiger partial charge is 0.481 e. The van der Waals surface area contributed by atoms with Gasteiger partial charge in [-0.15, -0.1) is 0 Å². The van der Waals surface area contributed by atoms with Gasteiger partial charge in [-0.3, -0.25) is 4.79 Å². The van der Waals surface area contributed by atoms with Crippen molar-refractivity contribution in [2.45, 2.75) is 37.8 Å². The van der Waals surface area contributed by atoms with E-state index >= 15 is 0 Å². The highest BCUT2D eigenvalue weighted by Crippen LogP contribution is 2.72. The lowest BCUT2D eigenvalue weighted by molar-refractivity contribution is -0.156. The Hall–Kier alpha value is -0.640. The molecule has 3 fully saturated rings. The van der Waals surface area contributed by atoms with Crippen LogP contribution in [0.4, 0.5) is 4.39 Å². The van der Waals surface area contributed by atoms with Crippen LogP contribution in [0.2, 0.25) is 0 Å². The Morgan fingerprint density at radius 1 is 1.44 bits per heavy atom. The third-order valence-corrected chi connectivity index (χ3v) is 5.46.